The third kappa shape index (κ3) is 3.24. The third-order valence-electron chi connectivity index (χ3n) is 4.71. The van der Waals surface area contributed by atoms with E-state index in [4.69, 9.17) is 4.42 Å². The van der Waals surface area contributed by atoms with Gasteiger partial charge in [0.05, 0.1) is 0 Å². The van der Waals surface area contributed by atoms with Gasteiger partial charge in [-0.3, -0.25) is 4.79 Å². The van der Waals surface area contributed by atoms with Crippen LogP contribution in [0.15, 0.2) is 40.9 Å². The molecule has 7 heteroatoms. The minimum atomic E-state index is -0.348. The van der Waals surface area contributed by atoms with Crippen LogP contribution in [0.4, 0.5) is 10.1 Å². The topological polar surface area (TPSA) is 73.0 Å². The van der Waals surface area contributed by atoms with Crippen LogP contribution in [-0.4, -0.2) is 20.7 Å². The average Bonchev–Trinajstić information content (AvgIpc) is 3.18. The lowest BCUT2D eigenvalue weighted by atomic mass is 9.85. The molecular formula is C19H19FN4O2. The summed E-state index contributed by atoms with van der Waals surface area (Å²) in [6.07, 6.45) is 5.13. The predicted octanol–water partition coefficient (Wildman–Crippen LogP) is 3.89. The van der Waals surface area contributed by atoms with Crippen molar-refractivity contribution < 1.29 is 13.6 Å². The van der Waals surface area contributed by atoms with Crippen LogP contribution in [-0.2, 0) is 11.3 Å². The third-order valence-corrected chi connectivity index (χ3v) is 4.71. The van der Waals surface area contributed by atoms with Gasteiger partial charge in [0, 0.05) is 17.8 Å². The summed E-state index contributed by atoms with van der Waals surface area (Å²) in [7, 11) is 0. The lowest BCUT2D eigenvalue weighted by Gasteiger charge is -2.20. The fourth-order valence-electron chi connectivity index (χ4n) is 2.93. The van der Waals surface area contributed by atoms with Crippen molar-refractivity contribution >= 4 is 11.6 Å². The molecule has 0 atom stereocenters. The quantitative estimate of drug-likeness (QED) is 0.754. The number of carbonyl (C=O) groups excluding carboxylic acids is 1. The zero-order chi connectivity index (χ0) is 18.1. The zero-order valence-corrected chi connectivity index (χ0v) is 14.4. The molecule has 0 aliphatic heterocycles. The Hall–Kier alpha value is -2.96. The molecule has 2 heterocycles. The van der Waals surface area contributed by atoms with E-state index >= 15 is 0 Å². The highest BCUT2D eigenvalue weighted by Gasteiger charge is 2.26. The van der Waals surface area contributed by atoms with Crippen LogP contribution in [0.25, 0.3) is 11.6 Å². The number of aromatic nitrogens is 3. The Kier molecular flexibility index (Phi) is 4.28. The van der Waals surface area contributed by atoms with Gasteiger partial charge in [0.1, 0.15) is 18.1 Å². The van der Waals surface area contributed by atoms with E-state index < -0.39 is 0 Å². The number of rotatable bonds is 5. The first-order valence-electron chi connectivity index (χ1n) is 8.65. The lowest BCUT2D eigenvalue weighted by molar-refractivity contribution is -0.116. The Labute approximate surface area is 150 Å². The fraction of sp³-hybridized carbons (Fsp3) is 0.316. The van der Waals surface area contributed by atoms with Gasteiger partial charge in [-0.2, -0.15) is 0 Å². The predicted molar refractivity (Wildman–Crippen MR) is 94.1 cm³/mol. The van der Waals surface area contributed by atoms with Crippen molar-refractivity contribution in [3.05, 3.63) is 53.8 Å². The summed E-state index contributed by atoms with van der Waals surface area (Å²) in [6.45, 7) is 1.74. The van der Waals surface area contributed by atoms with Crippen molar-refractivity contribution in [3.8, 4) is 11.6 Å². The summed E-state index contributed by atoms with van der Waals surface area (Å²) in [6, 6.07) is 8.27. The number of benzene rings is 1. The number of hydrogen-bond donors (Lipinski definition) is 1. The van der Waals surface area contributed by atoms with Crippen LogP contribution >= 0.6 is 0 Å². The Morgan fingerprint density at radius 3 is 2.92 bits per heavy atom. The maximum Gasteiger partial charge on any atom is 0.264 e. The normalized spacial score (nSPS) is 14.2. The number of nitrogens with zero attached hydrogens (tertiary/aromatic N) is 3. The first kappa shape index (κ1) is 16.5. The van der Waals surface area contributed by atoms with Gasteiger partial charge in [-0.1, -0.05) is 12.5 Å². The summed E-state index contributed by atoms with van der Waals surface area (Å²) in [5.74, 6) is 0.826. The molecule has 3 aromatic rings. The summed E-state index contributed by atoms with van der Waals surface area (Å²) >= 11 is 0. The number of anilines is 1. The number of aryl methyl sites for hydroxylation is 1. The molecule has 0 spiro atoms. The van der Waals surface area contributed by atoms with Crippen LogP contribution in [0.1, 0.15) is 36.6 Å². The number of halogens is 1. The first-order valence-corrected chi connectivity index (χ1v) is 8.65. The van der Waals surface area contributed by atoms with Gasteiger partial charge in [-0.25, -0.2) is 4.39 Å². The first-order chi connectivity index (χ1) is 12.6. The Bertz CT molecular complexity index is 943. The Morgan fingerprint density at radius 2 is 2.19 bits per heavy atom. The van der Waals surface area contributed by atoms with Gasteiger partial charge in [0.25, 0.3) is 5.89 Å². The second-order valence-electron chi connectivity index (χ2n) is 6.61. The molecule has 1 aromatic carbocycles. The van der Waals surface area contributed by atoms with Crippen molar-refractivity contribution in [3.63, 3.8) is 0 Å². The molecular weight excluding hydrogens is 335 g/mol. The molecule has 134 valence electrons. The lowest BCUT2D eigenvalue weighted by Crippen LogP contribution is -2.19. The molecule has 1 aliphatic rings. The van der Waals surface area contributed by atoms with Crippen LogP contribution in [0.3, 0.4) is 0 Å². The largest absolute Gasteiger partial charge is 0.419 e. The highest BCUT2D eigenvalue weighted by atomic mass is 19.1. The van der Waals surface area contributed by atoms with E-state index in [1.807, 2.05) is 12.1 Å². The second-order valence-corrected chi connectivity index (χ2v) is 6.61. The van der Waals surface area contributed by atoms with E-state index in [1.165, 1.54) is 12.5 Å². The van der Waals surface area contributed by atoms with E-state index in [9.17, 15) is 9.18 Å². The van der Waals surface area contributed by atoms with Crippen molar-refractivity contribution in [2.75, 3.05) is 5.32 Å². The number of nitrogens with one attached hydrogen (secondary N) is 1. The molecule has 1 saturated carbocycles. The molecule has 1 N–H and O–H groups in total. The summed E-state index contributed by atoms with van der Waals surface area (Å²) in [4.78, 5) is 12.3. The minimum absolute atomic E-state index is 0.0684. The van der Waals surface area contributed by atoms with Crippen LogP contribution < -0.4 is 5.32 Å². The molecule has 4 rings (SSSR count). The standard InChI is InChI=1S/C19H19FN4O2/c1-12-7-8-14(10-15(12)20)21-17(25)11-24-9-3-6-16(24)19-23-22-18(26-19)13-4-2-5-13/h3,6-10,13H,2,4-5,11H2,1H3,(H,21,25). The maximum atomic E-state index is 13.6. The van der Waals surface area contributed by atoms with Crippen molar-refractivity contribution in [1.82, 2.24) is 14.8 Å². The molecule has 2 aromatic heterocycles. The molecule has 1 amide bonds. The van der Waals surface area contributed by atoms with Crippen LogP contribution in [0.2, 0.25) is 0 Å². The summed E-state index contributed by atoms with van der Waals surface area (Å²) in [5.41, 5.74) is 1.65. The number of amides is 1. The number of carbonyl (C=O) groups is 1. The van der Waals surface area contributed by atoms with Gasteiger partial charge >= 0.3 is 0 Å². The summed E-state index contributed by atoms with van der Waals surface area (Å²) < 4.78 is 21.1. The number of hydrogen-bond acceptors (Lipinski definition) is 4. The Morgan fingerprint density at radius 1 is 1.35 bits per heavy atom. The van der Waals surface area contributed by atoms with Gasteiger partial charge in [0.2, 0.25) is 11.8 Å². The Balaban J connectivity index is 1.47. The average molecular weight is 354 g/mol. The van der Waals surface area contributed by atoms with E-state index in [0.29, 0.717) is 34.6 Å². The molecule has 26 heavy (non-hydrogen) atoms. The summed E-state index contributed by atoms with van der Waals surface area (Å²) in [5, 5.41) is 10.9. The molecule has 0 saturated heterocycles. The molecule has 0 bridgehead atoms. The smallest absolute Gasteiger partial charge is 0.264 e. The van der Waals surface area contributed by atoms with Crippen molar-refractivity contribution in [1.29, 1.82) is 0 Å². The highest BCUT2D eigenvalue weighted by molar-refractivity contribution is 5.90. The van der Waals surface area contributed by atoms with Gasteiger partial charge < -0.3 is 14.3 Å². The maximum absolute atomic E-state index is 13.6. The molecule has 1 fully saturated rings. The SMILES string of the molecule is Cc1ccc(NC(=O)Cn2cccc2-c2nnc(C3CCC3)o2)cc1F. The second kappa shape index (κ2) is 6.74. The van der Waals surface area contributed by atoms with E-state index in [2.05, 4.69) is 15.5 Å². The van der Waals surface area contributed by atoms with E-state index in [1.54, 1.807) is 29.8 Å². The molecule has 1 aliphatic carbocycles. The van der Waals surface area contributed by atoms with Crippen molar-refractivity contribution in [2.45, 2.75) is 38.6 Å². The van der Waals surface area contributed by atoms with Crippen LogP contribution in [0.5, 0.6) is 0 Å². The van der Waals surface area contributed by atoms with Gasteiger partial charge in [-0.15, -0.1) is 10.2 Å². The zero-order valence-electron chi connectivity index (χ0n) is 14.4. The van der Waals surface area contributed by atoms with Gasteiger partial charge in [0.15, 0.2) is 0 Å². The molecule has 0 radical (unpaired) electrons. The van der Waals surface area contributed by atoms with Gasteiger partial charge in [-0.05, 0) is 49.6 Å². The van der Waals surface area contributed by atoms with E-state index in [-0.39, 0.29) is 18.3 Å². The molecule has 0 unspecified atom stereocenters. The highest BCUT2D eigenvalue weighted by Crippen LogP contribution is 2.36. The minimum Gasteiger partial charge on any atom is -0.419 e. The van der Waals surface area contributed by atoms with Crippen molar-refractivity contribution in [2.24, 2.45) is 0 Å². The monoisotopic (exact) mass is 354 g/mol. The van der Waals surface area contributed by atoms with Crippen LogP contribution in [0, 0.1) is 12.7 Å². The van der Waals surface area contributed by atoms with E-state index in [0.717, 1.165) is 12.8 Å². The molecule has 6 nitrogen and oxygen atoms in total. The fourth-order valence-corrected chi connectivity index (χ4v) is 2.93.